The van der Waals surface area contributed by atoms with Gasteiger partial charge in [0.25, 0.3) is 0 Å². The van der Waals surface area contributed by atoms with Crippen LogP contribution >= 0.6 is 0 Å². The van der Waals surface area contributed by atoms with E-state index in [1.54, 1.807) is 13.8 Å². The molecule has 1 fully saturated rings. The van der Waals surface area contributed by atoms with Crippen molar-refractivity contribution in [2.24, 2.45) is 5.41 Å². The number of benzene rings is 1. The summed E-state index contributed by atoms with van der Waals surface area (Å²) in [6, 6.07) is 8.70. The van der Waals surface area contributed by atoms with Crippen molar-refractivity contribution in [2.75, 3.05) is 0 Å². The third-order valence-electron chi connectivity index (χ3n) is 6.34. The zero-order valence-electron chi connectivity index (χ0n) is 19.6. The minimum atomic E-state index is -1.41. The van der Waals surface area contributed by atoms with Crippen LogP contribution < -0.4 is 5.32 Å². The number of carboxylic acid groups (broad SMARTS) is 1. The lowest BCUT2D eigenvalue weighted by atomic mass is 9.86. The van der Waals surface area contributed by atoms with Gasteiger partial charge in [-0.15, -0.1) is 0 Å². The van der Waals surface area contributed by atoms with Gasteiger partial charge in [0.1, 0.15) is 0 Å². The molecule has 1 aromatic rings. The van der Waals surface area contributed by atoms with Crippen molar-refractivity contribution in [3.63, 3.8) is 0 Å². The van der Waals surface area contributed by atoms with Crippen LogP contribution in [-0.2, 0) is 27.3 Å². The van der Waals surface area contributed by atoms with Gasteiger partial charge in [-0.1, -0.05) is 69.7 Å². The highest BCUT2D eigenvalue weighted by Crippen LogP contribution is 2.40. The van der Waals surface area contributed by atoms with Crippen LogP contribution in [0.2, 0.25) is 0 Å². The zero-order valence-corrected chi connectivity index (χ0v) is 19.6. The molecule has 0 saturated heterocycles. The van der Waals surface area contributed by atoms with Gasteiger partial charge >= 0.3 is 11.9 Å². The van der Waals surface area contributed by atoms with E-state index in [1.807, 2.05) is 0 Å². The van der Waals surface area contributed by atoms with Crippen LogP contribution in [0.4, 0.5) is 0 Å². The fourth-order valence-corrected chi connectivity index (χ4v) is 4.39. The van der Waals surface area contributed by atoms with Crippen LogP contribution in [0.1, 0.15) is 96.1 Å². The van der Waals surface area contributed by atoms with Crippen LogP contribution in [-0.4, -0.2) is 29.2 Å². The van der Waals surface area contributed by atoms with Gasteiger partial charge in [-0.2, -0.15) is 0 Å². The van der Waals surface area contributed by atoms with Crippen LogP contribution in [0.25, 0.3) is 0 Å². The topological polar surface area (TPSA) is 75.6 Å². The molecule has 0 radical (unpaired) electrons. The predicted octanol–water partition coefficient (Wildman–Crippen LogP) is 5.64. The molecule has 0 aromatic heterocycles. The fraction of sp³-hybridized carbons (Fsp3) is 0.692. The van der Waals surface area contributed by atoms with Gasteiger partial charge < -0.3 is 15.2 Å². The lowest BCUT2D eigenvalue weighted by molar-refractivity contribution is -0.171. The number of unbranched alkanes of at least 4 members (excludes halogenated alkanes) is 6. The molecule has 1 saturated carbocycles. The molecule has 0 amide bonds. The van der Waals surface area contributed by atoms with Crippen LogP contribution in [0.15, 0.2) is 24.3 Å². The zero-order chi connectivity index (χ0) is 22.7. The Hall–Kier alpha value is -1.88. The average molecular weight is 432 g/mol. The van der Waals surface area contributed by atoms with Gasteiger partial charge in [-0.25, -0.2) is 0 Å². The number of esters is 1. The van der Waals surface area contributed by atoms with Crippen LogP contribution in [0, 0.1) is 5.41 Å². The molecule has 2 unspecified atom stereocenters. The molecule has 0 heterocycles. The fourth-order valence-electron chi connectivity index (χ4n) is 4.39. The predicted molar refractivity (Wildman–Crippen MR) is 124 cm³/mol. The Labute approximate surface area is 188 Å². The van der Waals surface area contributed by atoms with E-state index < -0.39 is 17.4 Å². The molecule has 0 aliphatic heterocycles. The van der Waals surface area contributed by atoms with Crippen molar-refractivity contribution in [1.82, 2.24) is 5.32 Å². The Morgan fingerprint density at radius 1 is 1.06 bits per heavy atom. The van der Waals surface area contributed by atoms with E-state index in [0.29, 0.717) is 19.4 Å². The summed E-state index contributed by atoms with van der Waals surface area (Å²) in [6.45, 7) is 6.42. The molecule has 1 aliphatic carbocycles. The van der Waals surface area contributed by atoms with Gasteiger partial charge in [0.15, 0.2) is 5.41 Å². The second-order valence-corrected chi connectivity index (χ2v) is 9.35. The molecule has 1 aromatic carbocycles. The molecule has 0 bridgehead atoms. The molecule has 5 nitrogen and oxygen atoms in total. The van der Waals surface area contributed by atoms with Gasteiger partial charge in [-0.3, -0.25) is 9.59 Å². The molecule has 2 N–H and O–H groups in total. The van der Waals surface area contributed by atoms with Gasteiger partial charge in [-0.05, 0) is 57.1 Å². The first-order valence-corrected chi connectivity index (χ1v) is 12.1. The Morgan fingerprint density at radius 3 is 2.29 bits per heavy atom. The van der Waals surface area contributed by atoms with E-state index in [2.05, 4.69) is 36.5 Å². The second-order valence-electron chi connectivity index (χ2n) is 9.35. The number of nitrogens with one attached hydrogen (secondary N) is 1. The highest BCUT2D eigenvalue weighted by atomic mass is 16.5. The lowest BCUT2D eigenvalue weighted by Crippen LogP contribution is -2.41. The Bertz CT molecular complexity index is 685. The van der Waals surface area contributed by atoms with E-state index in [4.69, 9.17) is 4.74 Å². The average Bonchev–Trinajstić information content (AvgIpc) is 3.18. The number of rotatable bonds is 14. The second kappa shape index (κ2) is 12.8. The molecular formula is C26H41NO4. The SMILES string of the molecule is CCCCCCCCCc1ccc(CNC2CCC(C(=O)O)(C(=O)OC(C)C)C2)cc1. The molecule has 174 valence electrons. The van der Waals surface area contributed by atoms with Crippen molar-refractivity contribution in [3.8, 4) is 0 Å². The summed E-state index contributed by atoms with van der Waals surface area (Å²) in [5.74, 6) is -1.67. The van der Waals surface area contributed by atoms with E-state index in [-0.39, 0.29) is 18.6 Å². The molecule has 1 aliphatic rings. The number of aliphatic carboxylic acids is 1. The third-order valence-corrected chi connectivity index (χ3v) is 6.34. The first-order valence-electron chi connectivity index (χ1n) is 12.1. The summed E-state index contributed by atoms with van der Waals surface area (Å²) < 4.78 is 5.24. The van der Waals surface area contributed by atoms with E-state index >= 15 is 0 Å². The van der Waals surface area contributed by atoms with E-state index in [0.717, 1.165) is 6.42 Å². The van der Waals surface area contributed by atoms with Crippen molar-refractivity contribution >= 4 is 11.9 Å². The van der Waals surface area contributed by atoms with E-state index in [9.17, 15) is 14.7 Å². The molecule has 2 atom stereocenters. The van der Waals surface area contributed by atoms with Gasteiger partial charge in [0, 0.05) is 12.6 Å². The maximum absolute atomic E-state index is 12.4. The number of carbonyl (C=O) groups excluding carboxylic acids is 1. The van der Waals surface area contributed by atoms with Crippen molar-refractivity contribution in [3.05, 3.63) is 35.4 Å². The summed E-state index contributed by atoms with van der Waals surface area (Å²) in [5, 5.41) is 13.1. The quantitative estimate of drug-likeness (QED) is 0.226. The summed E-state index contributed by atoms with van der Waals surface area (Å²) in [6.07, 6.45) is 11.4. The molecule has 31 heavy (non-hydrogen) atoms. The first kappa shape index (κ1) is 25.4. The summed E-state index contributed by atoms with van der Waals surface area (Å²) >= 11 is 0. The monoisotopic (exact) mass is 431 g/mol. The number of carboxylic acids is 1. The lowest BCUT2D eigenvalue weighted by Gasteiger charge is -2.24. The van der Waals surface area contributed by atoms with Crippen LogP contribution in [0.3, 0.4) is 0 Å². The normalized spacial score (nSPS) is 20.8. The maximum Gasteiger partial charge on any atom is 0.323 e. The standard InChI is InChI=1S/C26H41NO4/c1-4-5-6-7-8-9-10-11-21-12-14-22(15-13-21)19-27-23-16-17-26(18-23,24(28)29)25(30)31-20(2)3/h12-15,20,23,27H,4-11,16-19H2,1-3H3,(H,28,29). The van der Waals surface area contributed by atoms with E-state index in [1.165, 1.54) is 56.1 Å². The van der Waals surface area contributed by atoms with Crippen molar-refractivity contribution in [1.29, 1.82) is 0 Å². The summed E-state index contributed by atoms with van der Waals surface area (Å²) in [5.41, 5.74) is 1.14. The number of hydrogen-bond donors (Lipinski definition) is 2. The highest BCUT2D eigenvalue weighted by molar-refractivity contribution is 5.99. The minimum Gasteiger partial charge on any atom is -0.480 e. The molecule has 2 rings (SSSR count). The molecule has 0 spiro atoms. The third kappa shape index (κ3) is 7.95. The minimum absolute atomic E-state index is 0.00296. The Balaban J connectivity index is 1.74. The number of hydrogen-bond acceptors (Lipinski definition) is 4. The van der Waals surface area contributed by atoms with Crippen LogP contribution in [0.5, 0.6) is 0 Å². The first-order chi connectivity index (χ1) is 14.9. The summed E-state index contributed by atoms with van der Waals surface area (Å²) in [4.78, 5) is 24.3. The maximum atomic E-state index is 12.4. The van der Waals surface area contributed by atoms with Crippen molar-refractivity contribution in [2.45, 2.75) is 110 Å². The highest BCUT2D eigenvalue weighted by Gasteiger charge is 2.53. The number of aryl methyl sites for hydroxylation is 1. The number of carbonyl (C=O) groups is 2. The number of ether oxygens (including phenoxy) is 1. The van der Waals surface area contributed by atoms with Crippen molar-refractivity contribution < 1.29 is 19.4 Å². The Kier molecular flexibility index (Phi) is 10.5. The summed E-state index contributed by atoms with van der Waals surface area (Å²) in [7, 11) is 0. The molecular weight excluding hydrogens is 390 g/mol. The Morgan fingerprint density at radius 2 is 1.68 bits per heavy atom. The van der Waals surface area contributed by atoms with Gasteiger partial charge in [0.05, 0.1) is 6.10 Å². The molecule has 5 heteroatoms. The smallest absolute Gasteiger partial charge is 0.323 e. The largest absolute Gasteiger partial charge is 0.480 e. The van der Waals surface area contributed by atoms with Gasteiger partial charge in [0.2, 0.25) is 0 Å².